The zero-order valence-corrected chi connectivity index (χ0v) is 15.2. The van der Waals surface area contributed by atoms with Gasteiger partial charge in [-0.1, -0.05) is 23.8 Å². The van der Waals surface area contributed by atoms with Gasteiger partial charge in [0, 0.05) is 13.1 Å². The number of carbonyl (C=O) groups excluding carboxylic acids is 2. The molecular weight excluding hydrogens is 374 g/mol. The molecule has 10 heteroatoms. The average molecular weight is 392 g/mol. The van der Waals surface area contributed by atoms with Gasteiger partial charge < -0.3 is 10.6 Å². The first-order chi connectivity index (χ1) is 11.3. The molecule has 7 nitrogen and oxygen atoms in total. The zero-order valence-electron chi connectivity index (χ0n) is 12.8. The van der Waals surface area contributed by atoms with Gasteiger partial charge in [-0.15, -0.1) is 24.5 Å². The molecule has 1 rings (SSSR count). The Morgan fingerprint density at radius 1 is 1.12 bits per heavy atom. The fourth-order valence-electron chi connectivity index (χ4n) is 1.59. The Morgan fingerprint density at radius 3 is 2.00 bits per heavy atom. The first-order valence-corrected chi connectivity index (χ1v) is 9.45. The van der Waals surface area contributed by atoms with Crippen molar-refractivity contribution < 1.29 is 18.0 Å². The third-order valence-corrected chi connectivity index (χ3v) is 6.16. The van der Waals surface area contributed by atoms with E-state index in [4.69, 9.17) is 11.6 Å². The minimum atomic E-state index is -4.03. The number of thiophene rings is 1. The molecule has 0 aliphatic heterocycles. The van der Waals surface area contributed by atoms with Gasteiger partial charge in [0.1, 0.15) is 4.21 Å². The largest absolute Gasteiger partial charge is 0.351 e. The Morgan fingerprint density at radius 2 is 1.62 bits per heavy atom. The maximum absolute atomic E-state index is 12.6. The molecule has 0 aromatic carbocycles. The van der Waals surface area contributed by atoms with Crippen LogP contribution in [0.4, 0.5) is 0 Å². The fraction of sp³-hybridized carbons (Fsp3) is 0.286. The predicted octanol–water partition coefficient (Wildman–Crippen LogP) is 0.997. The molecule has 0 spiro atoms. The maximum Gasteiger partial charge on any atom is 0.253 e. The Balaban J connectivity index is 2.98. The highest BCUT2D eigenvalue weighted by Gasteiger charge is 2.29. The van der Waals surface area contributed by atoms with Gasteiger partial charge in [-0.05, 0) is 12.1 Å². The van der Waals surface area contributed by atoms with Crippen molar-refractivity contribution in [3.05, 3.63) is 41.8 Å². The minimum Gasteiger partial charge on any atom is -0.351 e. The van der Waals surface area contributed by atoms with Gasteiger partial charge in [-0.25, -0.2) is 8.42 Å². The van der Waals surface area contributed by atoms with Crippen LogP contribution in [-0.4, -0.2) is 50.7 Å². The van der Waals surface area contributed by atoms with Crippen LogP contribution in [0.25, 0.3) is 0 Å². The Labute approximate surface area is 150 Å². The van der Waals surface area contributed by atoms with E-state index < -0.39 is 34.9 Å². The molecule has 0 unspecified atom stereocenters. The molecule has 132 valence electrons. The van der Waals surface area contributed by atoms with E-state index in [1.54, 1.807) is 0 Å². The zero-order chi connectivity index (χ0) is 18.2. The smallest absolute Gasteiger partial charge is 0.253 e. The van der Waals surface area contributed by atoms with E-state index in [0.29, 0.717) is 4.34 Å². The molecular formula is C14H18ClN3O4S2. The lowest BCUT2D eigenvalue weighted by Crippen LogP contribution is -2.45. The average Bonchev–Trinajstić information content (AvgIpc) is 2.97. The topological polar surface area (TPSA) is 95.6 Å². The Hall–Kier alpha value is -1.68. The van der Waals surface area contributed by atoms with Gasteiger partial charge in [0.25, 0.3) is 10.0 Å². The maximum atomic E-state index is 12.6. The molecule has 0 aliphatic carbocycles. The molecule has 0 saturated carbocycles. The van der Waals surface area contributed by atoms with Crippen LogP contribution in [0, 0.1) is 0 Å². The highest BCUT2D eigenvalue weighted by atomic mass is 35.5. The number of hydrogen-bond acceptors (Lipinski definition) is 5. The number of amides is 2. The van der Waals surface area contributed by atoms with Crippen LogP contribution in [0.2, 0.25) is 4.34 Å². The van der Waals surface area contributed by atoms with Crippen molar-refractivity contribution in [3.63, 3.8) is 0 Å². The number of nitrogens with one attached hydrogen (secondary N) is 2. The van der Waals surface area contributed by atoms with Gasteiger partial charge in [-0.3, -0.25) is 9.59 Å². The highest BCUT2D eigenvalue weighted by Crippen LogP contribution is 2.27. The van der Waals surface area contributed by atoms with Crippen LogP contribution in [-0.2, 0) is 19.6 Å². The second-order valence-electron chi connectivity index (χ2n) is 4.52. The van der Waals surface area contributed by atoms with Crippen LogP contribution < -0.4 is 10.6 Å². The summed E-state index contributed by atoms with van der Waals surface area (Å²) in [5.74, 6) is -1.09. The van der Waals surface area contributed by atoms with Gasteiger partial charge in [0.05, 0.1) is 17.4 Å². The summed E-state index contributed by atoms with van der Waals surface area (Å²) in [6.07, 6.45) is 2.93. The third kappa shape index (κ3) is 6.08. The van der Waals surface area contributed by atoms with Gasteiger partial charge in [0.15, 0.2) is 0 Å². The van der Waals surface area contributed by atoms with Crippen molar-refractivity contribution in [2.75, 3.05) is 26.2 Å². The van der Waals surface area contributed by atoms with Crippen molar-refractivity contribution in [1.82, 2.24) is 14.9 Å². The fourth-order valence-corrected chi connectivity index (χ4v) is 4.58. The van der Waals surface area contributed by atoms with Crippen molar-refractivity contribution in [1.29, 1.82) is 0 Å². The van der Waals surface area contributed by atoms with Crippen LogP contribution in [0.5, 0.6) is 0 Å². The SMILES string of the molecule is C=CCNC(=O)CN(CC(=O)NCC=C)S(=O)(=O)c1ccc(Cl)s1. The number of hydrogen-bond donors (Lipinski definition) is 2. The molecule has 2 amide bonds. The van der Waals surface area contributed by atoms with Crippen molar-refractivity contribution >= 4 is 44.8 Å². The van der Waals surface area contributed by atoms with E-state index in [-0.39, 0.29) is 17.3 Å². The van der Waals surface area contributed by atoms with E-state index in [2.05, 4.69) is 23.8 Å². The molecule has 1 aromatic heterocycles. The van der Waals surface area contributed by atoms with E-state index in [0.717, 1.165) is 15.6 Å². The number of halogens is 1. The second kappa shape index (κ2) is 9.58. The molecule has 0 atom stereocenters. The molecule has 1 heterocycles. The molecule has 1 aromatic rings. The van der Waals surface area contributed by atoms with Crippen LogP contribution in [0.1, 0.15) is 0 Å². The number of rotatable bonds is 10. The number of sulfonamides is 1. The number of carbonyl (C=O) groups is 2. The summed E-state index contributed by atoms with van der Waals surface area (Å²) in [6.45, 7) is 6.32. The molecule has 2 N–H and O–H groups in total. The quantitative estimate of drug-likeness (QED) is 0.581. The Bertz CT molecular complexity index is 689. The lowest BCUT2D eigenvalue weighted by molar-refractivity contribution is -0.123. The van der Waals surface area contributed by atoms with E-state index in [9.17, 15) is 18.0 Å². The summed E-state index contributed by atoms with van der Waals surface area (Å²) >= 11 is 6.63. The molecule has 24 heavy (non-hydrogen) atoms. The van der Waals surface area contributed by atoms with E-state index in [1.807, 2.05) is 0 Å². The summed E-state index contributed by atoms with van der Waals surface area (Å²) in [6, 6.07) is 2.77. The van der Waals surface area contributed by atoms with E-state index >= 15 is 0 Å². The molecule has 0 radical (unpaired) electrons. The van der Waals surface area contributed by atoms with Crippen LogP contribution >= 0.6 is 22.9 Å². The minimum absolute atomic E-state index is 0.0412. The predicted molar refractivity (Wildman–Crippen MR) is 94.5 cm³/mol. The van der Waals surface area contributed by atoms with Gasteiger partial charge >= 0.3 is 0 Å². The van der Waals surface area contributed by atoms with Crippen molar-refractivity contribution in [2.45, 2.75) is 4.21 Å². The van der Waals surface area contributed by atoms with E-state index in [1.165, 1.54) is 24.3 Å². The Kier molecular flexibility index (Phi) is 8.13. The summed E-state index contributed by atoms with van der Waals surface area (Å²) in [4.78, 5) is 23.7. The van der Waals surface area contributed by atoms with Crippen molar-refractivity contribution in [2.24, 2.45) is 0 Å². The van der Waals surface area contributed by atoms with Crippen LogP contribution in [0.3, 0.4) is 0 Å². The van der Waals surface area contributed by atoms with Gasteiger partial charge in [0.2, 0.25) is 11.8 Å². The molecule has 0 saturated heterocycles. The molecule has 0 fully saturated rings. The van der Waals surface area contributed by atoms with Crippen molar-refractivity contribution in [3.8, 4) is 0 Å². The standard InChI is InChI=1S/C14H18ClN3O4S2/c1-3-7-16-12(19)9-18(10-13(20)17-8-4-2)24(21,22)14-6-5-11(15)23-14/h3-6H,1-2,7-10H2,(H,16,19)(H,17,20). The normalized spacial score (nSPS) is 11.1. The third-order valence-electron chi connectivity index (χ3n) is 2.67. The molecule has 0 aliphatic rings. The first-order valence-electron chi connectivity index (χ1n) is 6.82. The summed E-state index contributed by atoms with van der Waals surface area (Å²) in [5, 5.41) is 4.95. The summed E-state index contributed by atoms with van der Waals surface area (Å²) in [7, 11) is -4.03. The monoisotopic (exact) mass is 391 g/mol. The summed E-state index contributed by atoms with van der Waals surface area (Å²) in [5.41, 5.74) is 0. The first kappa shape index (κ1) is 20.4. The summed E-state index contributed by atoms with van der Waals surface area (Å²) < 4.78 is 26.3. The van der Waals surface area contributed by atoms with Crippen LogP contribution in [0.15, 0.2) is 41.7 Å². The second-order valence-corrected chi connectivity index (χ2v) is 8.40. The highest BCUT2D eigenvalue weighted by molar-refractivity contribution is 7.91. The van der Waals surface area contributed by atoms with Gasteiger partial charge in [-0.2, -0.15) is 4.31 Å². The lowest BCUT2D eigenvalue weighted by atomic mass is 10.5. The molecule has 0 bridgehead atoms. The lowest BCUT2D eigenvalue weighted by Gasteiger charge is -2.20. The number of nitrogens with zero attached hydrogens (tertiary/aromatic N) is 1.